The van der Waals surface area contributed by atoms with Gasteiger partial charge in [0.05, 0.1) is 18.9 Å². The summed E-state index contributed by atoms with van der Waals surface area (Å²) in [5.41, 5.74) is 5.80. The van der Waals surface area contributed by atoms with Crippen LogP contribution >= 0.6 is 23.2 Å². The molecule has 2 aromatic heterocycles. The smallest absolute Gasteiger partial charge is 0.388 e. The molecule has 2 fully saturated rings. The van der Waals surface area contributed by atoms with Crippen molar-refractivity contribution >= 4 is 35.2 Å². The van der Waals surface area contributed by atoms with Crippen molar-refractivity contribution in [2.75, 3.05) is 44.3 Å². The minimum Gasteiger partial charge on any atom is -0.388 e. The lowest BCUT2D eigenvalue weighted by molar-refractivity contribution is 0.122. The van der Waals surface area contributed by atoms with Crippen molar-refractivity contribution in [1.29, 1.82) is 0 Å². The largest absolute Gasteiger partial charge is 0.428 e. The summed E-state index contributed by atoms with van der Waals surface area (Å²) in [6.07, 6.45) is 2.50. The van der Waals surface area contributed by atoms with E-state index in [-0.39, 0.29) is 12.4 Å². The van der Waals surface area contributed by atoms with Gasteiger partial charge in [-0.05, 0) is 42.3 Å². The van der Waals surface area contributed by atoms with E-state index >= 15 is 0 Å². The monoisotopic (exact) mass is 609 g/mol. The van der Waals surface area contributed by atoms with Gasteiger partial charge >= 0.3 is 6.09 Å². The lowest BCUT2D eigenvalue weighted by Gasteiger charge is -2.26. The zero-order valence-electron chi connectivity index (χ0n) is 22.7. The van der Waals surface area contributed by atoms with Gasteiger partial charge < -0.3 is 14.4 Å². The Kier molecular flexibility index (Phi) is 8.75. The lowest BCUT2D eigenvalue weighted by Crippen LogP contribution is -2.46. The fourth-order valence-corrected chi connectivity index (χ4v) is 5.08. The summed E-state index contributed by atoms with van der Waals surface area (Å²) in [6.45, 7) is 4.12. The van der Waals surface area contributed by atoms with Crippen LogP contribution in [-0.4, -0.2) is 80.7 Å². The molecule has 4 aromatic rings. The summed E-state index contributed by atoms with van der Waals surface area (Å²) in [5, 5.41) is 16.0. The first-order valence-corrected chi connectivity index (χ1v) is 14.5. The Labute approximate surface area is 252 Å². The van der Waals surface area contributed by atoms with Crippen LogP contribution in [0.1, 0.15) is 25.0 Å². The van der Waals surface area contributed by atoms with Crippen LogP contribution in [0, 0.1) is 0 Å². The summed E-state index contributed by atoms with van der Waals surface area (Å²) < 4.78 is 11.2. The summed E-state index contributed by atoms with van der Waals surface area (Å²) in [5.74, 6) is 0.532. The van der Waals surface area contributed by atoms with Crippen molar-refractivity contribution in [3.05, 3.63) is 64.3 Å². The van der Waals surface area contributed by atoms with Crippen LogP contribution in [0.25, 0.3) is 22.5 Å². The molecule has 4 heterocycles. The number of amides is 1. The van der Waals surface area contributed by atoms with Gasteiger partial charge in [0.1, 0.15) is 17.9 Å². The van der Waals surface area contributed by atoms with Gasteiger partial charge in [0, 0.05) is 47.4 Å². The quantitative estimate of drug-likeness (QED) is 0.321. The van der Waals surface area contributed by atoms with Crippen molar-refractivity contribution in [3.63, 3.8) is 0 Å². The molecule has 2 aliphatic rings. The number of carbonyl (C=O) groups is 1. The number of rotatable bonds is 7. The molecule has 2 aromatic carbocycles. The number of hydrazine groups is 1. The average molecular weight is 611 g/mol. The number of nitrogens with one attached hydrogen (secondary N) is 1. The first kappa shape index (κ1) is 28.3. The van der Waals surface area contributed by atoms with E-state index in [0.717, 1.165) is 43.5 Å². The maximum Gasteiger partial charge on any atom is 0.428 e. The zero-order chi connectivity index (χ0) is 28.9. The molecule has 0 aliphatic carbocycles. The highest BCUT2D eigenvalue weighted by molar-refractivity contribution is 6.31. The van der Waals surface area contributed by atoms with Crippen molar-refractivity contribution in [1.82, 2.24) is 40.6 Å². The molecule has 6 rings (SSSR count). The number of anilines is 1. The molecule has 2 saturated heterocycles. The third kappa shape index (κ3) is 6.79. The zero-order valence-corrected chi connectivity index (χ0v) is 24.3. The first-order valence-electron chi connectivity index (χ1n) is 13.8. The molecule has 218 valence electrons. The predicted octanol–water partition coefficient (Wildman–Crippen LogP) is 4.48. The molecule has 0 unspecified atom stereocenters. The van der Waals surface area contributed by atoms with Crippen LogP contribution in [0.3, 0.4) is 0 Å². The number of ether oxygens (including phenoxy) is 2. The number of hydrogen-bond donors (Lipinski definition) is 1. The second-order valence-corrected chi connectivity index (χ2v) is 10.8. The molecule has 14 heteroatoms. The van der Waals surface area contributed by atoms with E-state index in [1.165, 1.54) is 4.80 Å². The maximum absolute atomic E-state index is 13.0. The van der Waals surface area contributed by atoms with E-state index in [4.69, 9.17) is 42.6 Å². The van der Waals surface area contributed by atoms with Gasteiger partial charge in [-0.25, -0.2) is 19.8 Å². The van der Waals surface area contributed by atoms with Gasteiger partial charge in [0.2, 0.25) is 5.88 Å². The second-order valence-electron chi connectivity index (χ2n) is 9.95. The molecule has 42 heavy (non-hydrogen) atoms. The number of carbonyl (C=O) groups excluding carboxylic acids is 1. The summed E-state index contributed by atoms with van der Waals surface area (Å²) in [6, 6.07) is 14.5. The van der Waals surface area contributed by atoms with Gasteiger partial charge in [-0.15, -0.1) is 5.10 Å². The molecule has 2 aliphatic heterocycles. The van der Waals surface area contributed by atoms with Crippen LogP contribution in [-0.2, 0) is 11.3 Å². The van der Waals surface area contributed by atoms with Crippen molar-refractivity contribution < 1.29 is 14.3 Å². The van der Waals surface area contributed by atoms with Crippen LogP contribution in [0.4, 0.5) is 10.7 Å². The Bertz CT molecular complexity index is 1520. The number of nitrogens with zero attached hydrogens (tertiary/aromatic N) is 8. The van der Waals surface area contributed by atoms with E-state index < -0.39 is 6.09 Å². The molecular weight excluding hydrogens is 581 g/mol. The number of morpholine rings is 1. The van der Waals surface area contributed by atoms with Crippen LogP contribution in [0.2, 0.25) is 10.0 Å². The van der Waals surface area contributed by atoms with E-state index in [0.29, 0.717) is 59.4 Å². The van der Waals surface area contributed by atoms with Crippen molar-refractivity contribution in [2.45, 2.75) is 25.8 Å². The Morgan fingerprint density at radius 2 is 1.48 bits per heavy atom. The molecule has 0 saturated carbocycles. The van der Waals surface area contributed by atoms with E-state index in [1.807, 2.05) is 34.2 Å². The summed E-state index contributed by atoms with van der Waals surface area (Å²) in [7, 11) is 0. The van der Waals surface area contributed by atoms with E-state index in [2.05, 4.69) is 20.8 Å². The Hall–Kier alpha value is -3.84. The SMILES string of the molecule is O=C(NN1CCCCC1)Oc1nc(-c2ccc(Cl)cc2)c(-c2ccc(Cl)cc2)nc1Cn1nnc(N2CCOCC2)n1. The number of benzene rings is 2. The molecule has 1 amide bonds. The number of piperidine rings is 1. The predicted molar refractivity (Wildman–Crippen MR) is 157 cm³/mol. The lowest BCUT2D eigenvalue weighted by atomic mass is 10.0. The highest BCUT2D eigenvalue weighted by atomic mass is 35.5. The first-order chi connectivity index (χ1) is 20.5. The van der Waals surface area contributed by atoms with Gasteiger partial charge in [0.15, 0.2) is 0 Å². The molecule has 1 N–H and O–H groups in total. The fourth-order valence-electron chi connectivity index (χ4n) is 4.83. The van der Waals surface area contributed by atoms with Gasteiger partial charge in [-0.1, -0.05) is 59.0 Å². The molecule has 0 spiro atoms. The molecule has 12 nitrogen and oxygen atoms in total. The van der Waals surface area contributed by atoms with Crippen molar-refractivity contribution in [3.8, 4) is 28.4 Å². The van der Waals surface area contributed by atoms with Crippen LogP contribution in [0.5, 0.6) is 5.88 Å². The van der Waals surface area contributed by atoms with Gasteiger partial charge in [-0.2, -0.15) is 4.80 Å². The Morgan fingerprint density at radius 1 is 0.857 bits per heavy atom. The number of tetrazole rings is 1. The van der Waals surface area contributed by atoms with Crippen LogP contribution in [0.15, 0.2) is 48.5 Å². The third-order valence-electron chi connectivity index (χ3n) is 6.99. The Morgan fingerprint density at radius 3 is 2.12 bits per heavy atom. The average Bonchev–Trinajstić information content (AvgIpc) is 3.48. The molecule has 0 radical (unpaired) electrons. The van der Waals surface area contributed by atoms with E-state index in [9.17, 15) is 4.79 Å². The summed E-state index contributed by atoms with van der Waals surface area (Å²) in [4.78, 5) is 26.3. The minimum atomic E-state index is -0.644. The number of aromatic nitrogens is 6. The third-order valence-corrected chi connectivity index (χ3v) is 7.49. The second kappa shape index (κ2) is 13.0. The highest BCUT2D eigenvalue weighted by Crippen LogP contribution is 2.34. The molecular formula is C28H29Cl2N9O3. The van der Waals surface area contributed by atoms with Crippen molar-refractivity contribution in [2.24, 2.45) is 0 Å². The minimum absolute atomic E-state index is 0.0393. The normalized spacial score (nSPS) is 15.9. The number of halogens is 2. The summed E-state index contributed by atoms with van der Waals surface area (Å²) >= 11 is 12.4. The number of hydrogen-bond acceptors (Lipinski definition) is 10. The van der Waals surface area contributed by atoms with Gasteiger partial charge in [0.25, 0.3) is 5.95 Å². The molecule has 0 atom stereocenters. The fraction of sp³-hybridized carbons (Fsp3) is 0.357. The highest BCUT2D eigenvalue weighted by Gasteiger charge is 2.23. The van der Waals surface area contributed by atoms with Gasteiger partial charge in [-0.3, -0.25) is 5.43 Å². The topological polar surface area (TPSA) is 123 Å². The molecule has 0 bridgehead atoms. The standard InChI is InChI=1S/C28H29Cl2N9O3/c29-21-8-4-19(5-9-21)24-25(20-6-10-22(30)11-7-20)32-26(42-28(40)35-38-12-2-1-3-13-38)23(31-24)18-39-34-27(33-36-39)37-14-16-41-17-15-37/h4-11H,1-3,12-18H2,(H,35,40). The van der Waals surface area contributed by atoms with Crippen LogP contribution < -0.4 is 15.1 Å². The Balaban J connectivity index is 1.39. The van der Waals surface area contributed by atoms with E-state index in [1.54, 1.807) is 24.3 Å². The maximum atomic E-state index is 13.0.